The van der Waals surface area contributed by atoms with E-state index >= 15 is 0 Å². The fraction of sp³-hybridized carbons (Fsp3) is 0.421. The molecule has 0 spiro atoms. The van der Waals surface area contributed by atoms with Crippen LogP contribution in [0.1, 0.15) is 51.4 Å². The summed E-state index contributed by atoms with van der Waals surface area (Å²) in [6.07, 6.45) is 15.9. The van der Waals surface area contributed by atoms with Crippen molar-refractivity contribution in [2.45, 2.75) is 53.5 Å². The van der Waals surface area contributed by atoms with Gasteiger partial charge in [0.15, 0.2) is 0 Å². The summed E-state index contributed by atoms with van der Waals surface area (Å²) < 4.78 is 2.25. The van der Waals surface area contributed by atoms with E-state index in [9.17, 15) is 0 Å². The Morgan fingerprint density at radius 3 is 2.62 bits per heavy atom. The summed E-state index contributed by atoms with van der Waals surface area (Å²) >= 11 is 0. The molecule has 1 aromatic rings. The van der Waals surface area contributed by atoms with Gasteiger partial charge < -0.3 is 4.57 Å². The molecule has 0 aliphatic heterocycles. The van der Waals surface area contributed by atoms with E-state index in [0.29, 0.717) is 0 Å². The Labute approximate surface area is 129 Å². The zero-order chi connectivity index (χ0) is 15.7. The molecule has 0 fully saturated rings. The fourth-order valence-electron chi connectivity index (χ4n) is 2.13. The van der Waals surface area contributed by atoms with Crippen molar-refractivity contribution < 1.29 is 0 Å². The Balaban J connectivity index is 2.75. The van der Waals surface area contributed by atoms with Crippen molar-refractivity contribution in [2.24, 2.45) is 0 Å². The highest BCUT2D eigenvalue weighted by Gasteiger charge is 2.03. The summed E-state index contributed by atoms with van der Waals surface area (Å²) in [6.45, 7) is 13.3. The molecule has 1 heterocycles. The largest absolute Gasteiger partial charge is 0.334 e. The van der Waals surface area contributed by atoms with E-state index in [2.05, 4.69) is 62.1 Å². The maximum absolute atomic E-state index is 4.52. The highest BCUT2D eigenvalue weighted by atomic mass is 15.0. The van der Waals surface area contributed by atoms with Gasteiger partial charge in [0.1, 0.15) is 0 Å². The molecule has 1 aromatic heterocycles. The van der Waals surface area contributed by atoms with Gasteiger partial charge in [-0.05, 0) is 38.8 Å². The summed E-state index contributed by atoms with van der Waals surface area (Å²) in [5, 5.41) is 0. The van der Waals surface area contributed by atoms with Gasteiger partial charge in [0.2, 0.25) is 0 Å². The zero-order valence-electron chi connectivity index (χ0n) is 13.9. The number of nitrogens with zero attached hydrogens (tertiary/aromatic N) is 2. The van der Waals surface area contributed by atoms with Gasteiger partial charge in [-0.3, -0.25) is 0 Å². The van der Waals surface area contributed by atoms with Crippen LogP contribution in [0.4, 0.5) is 0 Å². The van der Waals surface area contributed by atoms with E-state index in [1.807, 2.05) is 12.4 Å². The molecule has 0 aliphatic rings. The third kappa shape index (κ3) is 5.99. The number of unbranched alkanes of at least 4 members (excludes halogenated alkanes) is 2. The number of allylic oxidation sites excluding steroid dienone is 6. The van der Waals surface area contributed by atoms with Gasteiger partial charge in [-0.15, -0.1) is 0 Å². The average molecular weight is 284 g/mol. The number of aryl methyl sites for hydroxylation is 1. The van der Waals surface area contributed by atoms with E-state index in [1.165, 1.54) is 36.1 Å². The second-order valence-electron chi connectivity index (χ2n) is 5.48. The Bertz CT molecular complexity index is 542. The van der Waals surface area contributed by atoms with Crippen molar-refractivity contribution in [2.75, 3.05) is 0 Å². The number of imidazole rings is 1. The Kier molecular flexibility index (Phi) is 7.52. The molecule has 0 amide bonds. The maximum atomic E-state index is 4.52. The molecule has 0 atom stereocenters. The predicted octanol–water partition coefficient (Wildman–Crippen LogP) is 5.47. The molecule has 0 unspecified atom stereocenters. The molecular weight excluding hydrogens is 256 g/mol. The van der Waals surface area contributed by atoms with Crippen molar-refractivity contribution in [3.05, 3.63) is 59.7 Å². The zero-order valence-corrected chi connectivity index (χ0v) is 13.9. The molecule has 0 aromatic carbocycles. The Hall–Kier alpha value is -1.83. The van der Waals surface area contributed by atoms with Gasteiger partial charge in [-0.2, -0.15) is 0 Å². The van der Waals surface area contributed by atoms with Crippen LogP contribution in [0.25, 0.3) is 6.08 Å². The maximum Gasteiger partial charge on any atom is 0.0955 e. The van der Waals surface area contributed by atoms with Crippen molar-refractivity contribution in [3.63, 3.8) is 0 Å². The van der Waals surface area contributed by atoms with Crippen molar-refractivity contribution >= 4 is 6.08 Å². The first-order valence-electron chi connectivity index (χ1n) is 7.76. The SMILES string of the molecule is C=C/C=C(C)/C=C/C(C)=C\c1ncn(CCCCC)c1C. The van der Waals surface area contributed by atoms with Gasteiger partial charge in [0.25, 0.3) is 0 Å². The third-order valence-electron chi connectivity index (χ3n) is 3.49. The van der Waals surface area contributed by atoms with E-state index in [1.54, 1.807) is 6.08 Å². The molecule has 1 rings (SSSR count). The number of rotatable bonds is 8. The van der Waals surface area contributed by atoms with E-state index in [0.717, 1.165) is 12.2 Å². The second kappa shape index (κ2) is 9.17. The summed E-state index contributed by atoms with van der Waals surface area (Å²) in [7, 11) is 0. The molecule has 0 N–H and O–H groups in total. The molecule has 114 valence electrons. The summed E-state index contributed by atoms with van der Waals surface area (Å²) in [5.41, 5.74) is 4.71. The highest BCUT2D eigenvalue weighted by molar-refractivity contribution is 5.54. The molecule has 0 radical (unpaired) electrons. The van der Waals surface area contributed by atoms with E-state index < -0.39 is 0 Å². The Morgan fingerprint density at radius 1 is 1.24 bits per heavy atom. The van der Waals surface area contributed by atoms with Gasteiger partial charge in [-0.25, -0.2) is 4.98 Å². The summed E-state index contributed by atoms with van der Waals surface area (Å²) in [4.78, 5) is 4.52. The van der Waals surface area contributed by atoms with Gasteiger partial charge in [-0.1, -0.05) is 56.2 Å². The minimum absolute atomic E-state index is 1.07. The molecule has 0 aliphatic carbocycles. The first-order chi connectivity index (χ1) is 10.1. The Morgan fingerprint density at radius 2 is 1.95 bits per heavy atom. The van der Waals surface area contributed by atoms with Crippen LogP contribution < -0.4 is 0 Å². The van der Waals surface area contributed by atoms with Crippen LogP contribution in [0, 0.1) is 6.92 Å². The average Bonchev–Trinajstić information content (AvgIpc) is 2.79. The van der Waals surface area contributed by atoms with Crippen molar-refractivity contribution in [1.82, 2.24) is 9.55 Å². The lowest BCUT2D eigenvalue weighted by molar-refractivity contribution is 0.592. The molecular formula is C19H28N2. The number of aromatic nitrogens is 2. The van der Waals surface area contributed by atoms with Crippen LogP contribution in [-0.2, 0) is 6.54 Å². The van der Waals surface area contributed by atoms with Gasteiger partial charge in [0, 0.05) is 12.2 Å². The van der Waals surface area contributed by atoms with Crippen LogP contribution in [0.3, 0.4) is 0 Å². The van der Waals surface area contributed by atoms with Crippen molar-refractivity contribution in [1.29, 1.82) is 0 Å². The second-order valence-corrected chi connectivity index (χ2v) is 5.48. The molecule has 21 heavy (non-hydrogen) atoms. The third-order valence-corrected chi connectivity index (χ3v) is 3.49. The molecule has 0 bridgehead atoms. The lowest BCUT2D eigenvalue weighted by Crippen LogP contribution is -1.98. The topological polar surface area (TPSA) is 17.8 Å². The van der Waals surface area contributed by atoms with Gasteiger partial charge >= 0.3 is 0 Å². The molecule has 0 saturated carbocycles. The van der Waals surface area contributed by atoms with E-state index in [4.69, 9.17) is 0 Å². The van der Waals surface area contributed by atoms with Crippen LogP contribution in [0.15, 0.2) is 48.4 Å². The lowest BCUT2D eigenvalue weighted by Gasteiger charge is -2.04. The van der Waals surface area contributed by atoms with E-state index in [-0.39, 0.29) is 0 Å². The summed E-state index contributed by atoms with van der Waals surface area (Å²) in [6, 6.07) is 0. The molecule has 2 heteroatoms. The first kappa shape index (κ1) is 17.2. The minimum Gasteiger partial charge on any atom is -0.334 e. The van der Waals surface area contributed by atoms with Crippen LogP contribution in [0.2, 0.25) is 0 Å². The fourth-order valence-corrected chi connectivity index (χ4v) is 2.13. The van der Waals surface area contributed by atoms with Crippen molar-refractivity contribution in [3.8, 4) is 0 Å². The minimum atomic E-state index is 1.07. The monoisotopic (exact) mass is 284 g/mol. The normalized spacial score (nSPS) is 13.1. The number of hydrogen-bond donors (Lipinski definition) is 0. The van der Waals surface area contributed by atoms with Gasteiger partial charge in [0.05, 0.1) is 12.0 Å². The standard InChI is InChI=1S/C19H28N2/c1-6-8-9-13-21-15-20-19(18(21)5)14-17(4)12-11-16(3)10-7-2/h7,10-12,14-15H,2,6,8-9,13H2,1,3-5H3/b12-11+,16-10+,17-14-. The number of hydrogen-bond acceptors (Lipinski definition) is 1. The molecule has 0 saturated heterocycles. The highest BCUT2D eigenvalue weighted by Crippen LogP contribution is 2.13. The summed E-state index contributed by atoms with van der Waals surface area (Å²) in [5.74, 6) is 0. The lowest BCUT2D eigenvalue weighted by atomic mass is 10.1. The van der Waals surface area contributed by atoms with Crippen LogP contribution >= 0.6 is 0 Å². The predicted molar refractivity (Wildman–Crippen MR) is 93.2 cm³/mol. The van der Waals surface area contributed by atoms with Crippen LogP contribution in [0.5, 0.6) is 0 Å². The quantitative estimate of drug-likeness (QED) is 0.457. The first-order valence-corrected chi connectivity index (χ1v) is 7.76. The smallest absolute Gasteiger partial charge is 0.0955 e. The molecule has 2 nitrogen and oxygen atoms in total. The van der Waals surface area contributed by atoms with Crippen LogP contribution in [-0.4, -0.2) is 9.55 Å².